The fraction of sp³-hybridized carbons (Fsp3) is 0. The van der Waals surface area contributed by atoms with Gasteiger partial charge in [0.2, 0.25) is 0 Å². The zero-order valence-corrected chi connectivity index (χ0v) is 11.4. The molecular formula is C14H9ClN4O2. The van der Waals surface area contributed by atoms with Crippen LogP contribution in [0.1, 0.15) is 0 Å². The van der Waals surface area contributed by atoms with Gasteiger partial charge in [-0.1, -0.05) is 47.1 Å². The van der Waals surface area contributed by atoms with Gasteiger partial charge in [0.1, 0.15) is 5.69 Å². The number of halogens is 1. The van der Waals surface area contributed by atoms with Crippen molar-refractivity contribution >= 4 is 17.3 Å². The van der Waals surface area contributed by atoms with Crippen LogP contribution in [-0.2, 0) is 0 Å². The van der Waals surface area contributed by atoms with Crippen LogP contribution in [0.2, 0.25) is 5.02 Å². The number of nitro groups is 1. The Balaban J connectivity index is 2.20. The highest BCUT2D eigenvalue weighted by atomic mass is 35.5. The van der Waals surface area contributed by atoms with Crippen LogP contribution in [0.25, 0.3) is 16.9 Å². The summed E-state index contributed by atoms with van der Waals surface area (Å²) >= 11 is 5.83. The Labute approximate surface area is 124 Å². The highest BCUT2D eigenvalue weighted by molar-refractivity contribution is 6.30. The highest BCUT2D eigenvalue weighted by Gasteiger charge is 2.19. The van der Waals surface area contributed by atoms with Gasteiger partial charge in [0, 0.05) is 16.7 Å². The first-order valence-corrected chi connectivity index (χ1v) is 6.45. The van der Waals surface area contributed by atoms with E-state index in [1.807, 2.05) is 30.3 Å². The molecule has 0 saturated carbocycles. The van der Waals surface area contributed by atoms with E-state index in [9.17, 15) is 10.1 Å². The first-order chi connectivity index (χ1) is 10.2. The van der Waals surface area contributed by atoms with Crippen LogP contribution in [0.5, 0.6) is 0 Å². The number of nitrogens with zero attached hydrogens (tertiary/aromatic N) is 4. The largest absolute Gasteiger partial charge is 0.296 e. The molecule has 0 saturated heterocycles. The molecule has 0 aliphatic rings. The molecule has 3 rings (SSSR count). The molecule has 0 N–H and O–H groups in total. The van der Waals surface area contributed by atoms with E-state index >= 15 is 0 Å². The molecule has 104 valence electrons. The predicted octanol–water partition coefficient (Wildman–Crippen LogP) is 3.50. The number of nitro benzene ring substituents is 1. The second-order valence-electron chi connectivity index (χ2n) is 4.29. The molecule has 0 unspecified atom stereocenters. The molecular weight excluding hydrogens is 292 g/mol. The normalized spacial score (nSPS) is 10.5. The molecule has 21 heavy (non-hydrogen) atoms. The molecule has 2 aromatic carbocycles. The Kier molecular flexibility index (Phi) is 3.37. The van der Waals surface area contributed by atoms with E-state index < -0.39 is 4.92 Å². The monoisotopic (exact) mass is 300 g/mol. The first kappa shape index (κ1) is 13.3. The maximum atomic E-state index is 11.2. The van der Waals surface area contributed by atoms with Gasteiger partial charge in [-0.25, -0.2) is 4.68 Å². The minimum absolute atomic E-state index is 0.120. The molecule has 0 spiro atoms. The fourth-order valence-electron chi connectivity index (χ4n) is 2.04. The van der Waals surface area contributed by atoms with Crippen molar-refractivity contribution in [2.45, 2.75) is 0 Å². The van der Waals surface area contributed by atoms with Gasteiger partial charge < -0.3 is 0 Å². The third-order valence-corrected chi connectivity index (χ3v) is 3.22. The predicted molar refractivity (Wildman–Crippen MR) is 78.5 cm³/mol. The van der Waals surface area contributed by atoms with E-state index in [1.54, 1.807) is 18.3 Å². The van der Waals surface area contributed by atoms with E-state index in [1.165, 1.54) is 10.7 Å². The van der Waals surface area contributed by atoms with Crippen LogP contribution in [0.15, 0.2) is 54.7 Å². The average molecular weight is 301 g/mol. The molecule has 1 heterocycles. The Morgan fingerprint density at radius 3 is 2.62 bits per heavy atom. The van der Waals surface area contributed by atoms with Crippen molar-refractivity contribution in [1.82, 2.24) is 15.0 Å². The summed E-state index contributed by atoms with van der Waals surface area (Å²) in [5.41, 5.74) is 1.73. The fourth-order valence-corrected chi connectivity index (χ4v) is 2.21. The summed E-state index contributed by atoms with van der Waals surface area (Å²) in [4.78, 5) is 10.7. The second-order valence-corrected chi connectivity index (χ2v) is 4.72. The average Bonchev–Trinajstić information content (AvgIpc) is 2.97. The Bertz CT molecular complexity index is 802. The maximum Gasteiger partial charge on any atom is 0.296 e. The van der Waals surface area contributed by atoms with Gasteiger partial charge in [-0.2, -0.15) is 0 Å². The van der Waals surface area contributed by atoms with Gasteiger partial charge in [-0.3, -0.25) is 10.1 Å². The van der Waals surface area contributed by atoms with Crippen molar-refractivity contribution in [3.8, 4) is 16.9 Å². The Morgan fingerprint density at radius 2 is 1.90 bits per heavy atom. The summed E-state index contributed by atoms with van der Waals surface area (Å²) in [7, 11) is 0. The van der Waals surface area contributed by atoms with Crippen LogP contribution in [-0.4, -0.2) is 19.9 Å². The number of rotatable bonds is 3. The van der Waals surface area contributed by atoms with Gasteiger partial charge in [-0.05, 0) is 12.1 Å². The summed E-state index contributed by atoms with van der Waals surface area (Å²) in [6, 6.07) is 13.9. The third kappa shape index (κ3) is 2.48. The minimum atomic E-state index is -0.488. The maximum absolute atomic E-state index is 11.2. The van der Waals surface area contributed by atoms with Crippen LogP contribution < -0.4 is 0 Å². The zero-order valence-electron chi connectivity index (χ0n) is 10.7. The molecule has 3 aromatic rings. The van der Waals surface area contributed by atoms with E-state index in [-0.39, 0.29) is 5.69 Å². The summed E-state index contributed by atoms with van der Waals surface area (Å²) in [5, 5.41) is 19.3. The highest BCUT2D eigenvalue weighted by Crippen LogP contribution is 2.29. The standard InChI is InChI=1S/C14H9ClN4O2/c15-11-6-7-12(13(8-11)19(20)21)18-14(9-16-17-18)10-4-2-1-3-5-10/h1-9H. The van der Waals surface area contributed by atoms with E-state index in [0.29, 0.717) is 16.4 Å². The minimum Gasteiger partial charge on any atom is -0.258 e. The van der Waals surface area contributed by atoms with Crippen molar-refractivity contribution in [3.05, 3.63) is 69.9 Å². The molecule has 0 aliphatic heterocycles. The van der Waals surface area contributed by atoms with Crippen LogP contribution in [0.3, 0.4) is 0 Å². The van der Waals surface area contributed by atoms with Gasteiger partial charge in [0.25, 0.3) is 5.69 Å². The van der Waals surface area contributed by atoms with Crippen molar-refractivity contribution in [2.24, 2.45) is 0 Å². The number of hydrogen-bond acceptors (Lipinski definition) is 4. The second kappa shape index (κ2) is 5.34. The van der Waals surface area contributed by atoms with Crippen molar-refractivity contribution in [1.29, 1.82) is 0 Å². The molecule has 0 amide bonds. The van der Waals surface area contributed by atoms with Crippen molar-refractivity contribution in [2.75, 3.05) is 0 Å². The summed E-state index contributed by atoms with van der Waals surface area (Å²) in [6.45, 7) is 0. The van der Waals surface area contributed by atoms with Crippen LogP contribution in [0.4, 0.5) is 5.69 Å². The van der Waals surface area contributed by atoms with E-state index in [4.69, 9.17) is 11.6 Å². The molecule has 0 radical (unpaired) electrons. The van der Waals surface area contributed by atoms with Gasteiger partial charge in [0.15, 0.2) is 0 Å². The van der Waals surface area contributed by atoms with Crippen molar-refractivity contribution < 1.29 is 4.92 Å². The van der Waals surface area contributed by atoms with Crippen molar-refractivity contribution in [3.63, 3.8) is 0 Å². The molecule has 1 aromatic heterocycles. The molecule has 0 aliphatic carbocycles. The van der Waals surface area contributed by atoms with E-state index in [0.717, 1.165) is 5.56 Å². The van der Waals surface area contributed by atoms with Crippen LogP contribution >= 0.6 is 11.6 Å². The lowest BCUT2D eigenvalue weighted by Gasteiger charge is -2.07. The zero-order chi connectivity index (χ0) is 14.8. The molecule has 0 bridgehead atoms. The third-order valence-electron chi connectivity index (χ3n) is 2.98. The molecule has 0 fully saturated rings. The van der Waals surface area contributed by atoms with Gasteiger partial charge in [0.05, 0.1) is 16.8 Å². The van der Waals surface area contributed by atoms with Crippen LogP contribution in [0, 0.1) is 10.1 Å². The lowest BCUT2D eigenvalue weighted by atomic mass is 10.1. The lowest BCUT2D eigenvalue weighted by molar-refractivity contribution is -0.384. The summed E-state index contributed by atoms with van der Waals surface area (Å²) < 4.78 is 1.43. The number of aromatic nitrogens is 3. The lowest BCUT2D eigenvalue weighted by Crippen LogP contribution is -2.03. The molecule has 0 atom stereocenters. The van der Waals surface area contributed by atoms with E-state index in [2.05, 4.69) is 10.3 Å². The topological polar surface area (TPSA) is 73.8 Å². The molecule has 6 nitrogen and oxygen atoms in total. The van der Waals surface area contributed by atoms with Gasteiger partial charge >= 0.3 is 0 Å². The smallest absolute Gasteiger partial charge is 0.258 e. The Hall–Kier alpha value is -2.73. The molecule has 7 heteroatoms. The van der Waals surface area contributed by atoms with Gasteiger partial charge in [-0.15, -0.1) is 5.10 Å². The SMILES string of the molecule is O=[N+]([O-])c1cc(Cl)ccc1-n1nncc1-c1ccccc1. The Morgan fingerprint density at radius 1 is 1.14 bits per heavy atom. The summed E-state index contributed by atoms with van der Waals surface area (Å²) in [5.74, 6) is 0. The number of hydrogen-bond donors (Lipinski definition) is 0. The first-order valence-electron chi connectivity index (χ1n) is 6.07. The quantitative estimate of drug-likeness (QED) is 0.548. The number of benzene rings is 2. The summed E-state index contributed by atoms with van der Waals surface area (Å²) in [6.07, 6.45) is 1.56.